The van der Waals surface area contributed by atoms with E-state index in [0.717, 1.165) is 27.5 Å². The van der Waals surface area contributed by atoms with Crippen molar-refractivity contribution in [1.29, 1.82) is 0 Å². The van der Waals surface area contributed by atoms with E-state index in [1.165, 1.54) is 43.1 Å². The molecular formula is C41H25N3. The van der Waals surface area contributed by atoms with Gasteiger partial charge in [-0.25, -0.2) is 15.0 Å². The van der Waals surface area contributed by atoms with Crippen molar-refractivity contribution < 1.29 is 0 Å². The quantitative estimate of drug-likeness (QED) is 0.202. The average Bonchev–Trinajstić information content (AvgIpc) is 3.10. The Morgan fingerprint density at radius 2 is 0.659 bits per heavy atom. The van der Waals surface area contributed by atoms with Crippen molar-refractivity contribution in [2.45, 2.75) is 0 Å². The van der Waals surface area contributed by atoms with Crippen LogP contribution >= 0.6 is 0 Å². The maximum atomic E-state index is 5.10. The molecule has 3 heteroatoms. The summed E-state index contributed by atoms with van der Waals surface area (Å²) < 4.78 is 0. The van der Waals surface area contributed by atoms with E-state index < -0.39 is 0 Å². The lowest BCUT2D eigenvalue weighted by atomic mass is 9.95. The number of benzene rings is 8. The first kappa shape index (κ1) is 24.6. The van der Waals surface area contributed by atoms with Crippen molar-refractivity contribution in [3.05, 3.63) is 152 Å². The third-order valence-corrected chi connectivity index (χ3v) is 8.64. The normalized spacial score (nSPS) is 11.6. The first-order valence-corrected chi connectivity index (χ1v) is 14.9. The Morgan fingerprint density at radius 1 is 0.273 bits per heavy atom. The van der Waals surface area contributed by atoms with Gasteiger partial charge in [0, 0.05) is 16.7 Å². The minimum absolute atomic E-state index is 0.658. The summed E-state index contributed by atoms with van der Waals surface area (Å²) in [4.78, 5) is 15.2. The van der Waals surface area contributed by atoms with Gasteiger partial charge in [-0.1, -0.05) is 133 Å². The van der Waals surface area contributed by atoms with Gasteiger partial charge in [0.25, 0.3) is 0 Å². The molecule has 0 fully saturated rings. The Kier molecular flexibility index (Phi) is 5.50. The average molecular weight is 560 g/mol. The van der Waals surface area contributed by atoms with Crippen LogP contribution in [0.25, 0.3) is 88.0 Å². The highest BCUT2D eigenvalue weighted by atomic mass is 15.0. The monoisotopic (exact) mass is 559 g/mol. The van der Waals surface area contributed by atoms with Gasteiger partial charge in [-0.15, -0.1) is 0 Å². The standard InChI is InChI=1S/C41H25N3/c1-3-10-31-23-33(20-13-26(31)7-1)39-42-40(34-21-14-27-8-2-4-11-32(27)24-34)44-41(43-39)35-22-17-29-16-19-30-18-15-28-9-5-6-12-36(28)38(30)37(29)25-35/h1-25H. The summed E-state index contributed by atoms with van der Waals surface area (Å²) in [5, 5.41) is 12.0. The van der Waals surface area contributed by atoms with Gasteiger partial charge in [-0.05, 0) is 72.1 Å². The second-order valence-electron chi connectivity index (χ2n) is 11.3. The van der Waals surface area contributed by atoms with Crippen molar-refractivity contribution in [2.24, 2.45) is 0 Å². The summed E-state index contributed by atoms with van der Waals surface area (Å²) in [7, 11) is 0. The van der Waals surface area contributed by atoms with Crippen LogP contribution in [0.5, 0.6) is 0 Å². The van der Waals surface area contributed by atoms with Crippen LogP contribution in [-0.2, 0) is 0 Å². The smallest absolute Gasteiger partial charge is 0.164 e. The topological polar surface area (TPSA) is 38.7 Å². The van der Waals surface area contributed by atoms with Crippen molar-refractivity contribution in [3.8, 4) is 34.2 Å². The molecule has 0 atom stereocenters. The zero-order valence-corrected chi connectivity index (χ0v) is 23.8. The van der Waals surface area contributed by atoms with Gasteiger partial charge in [0.1, 0.15) is 0 Å². The molecule has 8 aromatic carbocycles. The number of hydrogen-bond donors (Lipinski definition) is 0. The lowest BCUT2D eigenvalue weighted by molar-refractivity contribution is 1.08. The van der Waals surface area contributed by atoms with E-state index in [-0.39, 0.29) is 0 Å². The van der Waals surface area contributed by atoms with Gasteiger partial charge in [-0.3, -0.25) is 0 Å². The predicted octanol–water partition coefficient (Wildman–Crippen LogP) is 10.6. The molecular weight excluding hydrogens is 534 g/mol. The van der Waals surface area contributed by atoms with E-state index in [1.807, 2.05) is 0 Å². The summed E-state index contributed by atoms with van der Waals surface area (Å²) in [5.74, 6) is 1.98. The summed E-state index contributed by atoms with van der Waals surface area (Å²) >= 11 is 0. The first-order valence-electron chi connectivity index (χ1n) is 14.9. The summed E-state index contributed by atoms with van der Waals surface area (Å²) in [5.41, 5.74) is 2.89. The third-order valence-electron chi connectivity index (χ3n) is 8.64. The Hall–Kier alpha value is -5.93. The number of fused-ring (bicyclic) bond motifs is 7. The van der Waals surface area contributed by atoms with Gasteiger partial charge < -0.3 is 0 Å². The van der Waals surface area contributed by atoms with Crippen molar-refractivity contribution in [3.63, 3.8) is 0 Å². The maximum Gasteiger partial charge on any atom is 0.164 e. The van der Waals surface area contributed by atoms with Crippen LogP contribution in [0.2, 0.25) is 0 Å². The van der Waals surface area contributed by atoms with Crippen molar-refractivity contribution >= 4 is 53.9 Å². The number of aromatic nitrogens is 3. The summed E-state index contributed by atoms with van der Waals surface area (Å²) in [6.07, 6.45) is 0. The van der Waals surface area contributed by atoms with Crippen LogP contribution in [0.1, 0.15) is 0 Å². The zero-order chi connectivity index (χ0) is 29.0. The molecule has 1 aromatic heterocycles. The fraction of sp³-hybridized carbons (Fsp3) is 0. The van der Waals surface area contributed by atoms with Gasteiger partial charge >= 0.3 is 0 Å². The molecule has 0 saturated heterocycles. The number of nitrogens with zero attached hydrogens (tertiary/aromatic N) is 3. The van der Waals surface area contributed by atoms with E-state index in [0.29, 0.717) is 17.5 Å². The predicted molar refractivity (Wildman–Crippen MR) is 184 cm³/mol. The van der Waals surface area contributed by atoms with Crippen LogP contribution in [-0.4, -0.2) is 15.0 Å². The fourth-order valence-corrected chi connectivity index (χ4v) is 6.38. The Morgan fingerprint density at radius 3 is 1.23 bits per heavy atom. The molecule has 44 heavy (non-hydrogen) atoms. The van der Waals surface area contributed by atoms with Crippen LogP contribution < -0.4 is 0 Å². The highest BCUT2D eigenvalue weighted by molar-refractivity contribution is 6.20. The Labute approximate surface area is 254 Å². The Bertz CT molecular complexity index is 2460. The largest absolute Gasteiger partial charge is 0.208 e. The van der Waals surface area contributed by atoms with Crippen molar-refractivity contribution in [1.82, 2.24) is 15.0 Å². The second kappa shape index (κ2) is 9.82. The van der Waals surface area contributed by atoms with Gasteiger partial charge in [0.15, 0.2) is 17.5 Å². The van der Waals surface area contributed by atoms with E-state index in [1.54, 1.807) is 0 Å². The van der Waals surface area contributed by atoms with Crippen LogP contribution in [0.15, 0.2) is 152 Å². The highest BCUT2D eigenvalue weighted by Crippen LogP contribution is 2.35. The highest BCUT2D eigenvalue weighted by Gasteiger charge is 2.15. The lowest BCUT2D eigenvalue weighted by Crippen LogP contribution is -2.00. The van der Waals surface area contributed by atoms with Crippen molar-refractivity contribution in [2.75, 3.05) is 0 Å². The fourth-order valence-electron chi connectivity index (χ4n) is 6.38. The first-order chi connectivity index (χ1) is 21.8. The third kappa shape index (κ3) is 4.10. The number of rotatable bonds is 3. The molecule has 3 nitrogen and oxygen atoms in total. The SMILES string of the molecule is c1ccc2cc(-c3nc(-c4ccc5ccccc5c4)nc(-c4ccc5ccc6ccc7ccccc7c6c5c4)n3)ccc2c1. The maximum absolute atomic E-state index is 5.10. The zero-order valence-electron chi connectivity index (χ0n) is 23.8. The molecule has 0 radical (unpaired) electrons. The number of hydrogen-bond acceptors (Lipinski definition) is 3. The molecule has 9 aromatic rings. The van der Waals surface area contributed by atoms with E-state index in [2.05, 4.69) is 152 Å². The van der Waals surface area contributed by atoms with Crippen LogP contribution in [0, 0.1) is 0 Å². The van der Waals surface area contributed by atoms with Gasteiger partial charge in [0.2, 0.25) is 0 Å². The minimum atomic E-state index is 0.658. The second-order valence-corrected chi connectivity index (χ2v) is 11.3. The molecule has 9 rings (SSSR count). The van der Waals surface area contributed by atoms with Gasteiger partial charge in [0.05, 0.1) is 0 Å². The van der Waals surface area contributed by atoms with Crippen LogP contribution in [0.4, 0.5) is 0 Å². The summed E-state index contributed by atoms with van der Waals surface area (Å²) in [6.45, 7) is 0. The molecule has 0 amide bonds. The van der Waals surface area contributed by atoms with E-state index >= 15 is 0 Å². The molecule has 0 saturated carbocycles. The Balaban J connectivity index is 1.29. The molecule has 1 heterocycles. The van der Waals surface area contributed by atoms with Crippen LogP contribution in [0.3, 0.4) is 0 Å². The van der Waals surface area contributed by atoms with E-state index in [9.17, 15) is 0 Å². The molecule has 0 bridgehead atoms. The molecule has 0 aliphatic heterocycles. The summed E-state index contributed by atoms with van der Waals surface area (Å²) in [6, 6.07) is 53.5. The lowest BCUT2D eigenvalue weighted by Gasteiger charge is -2.12. The molecule has 0 aliphatic rings. The van der Waals surface area contributed by atoms with Gasteiger partial charge in [-0.2, -0.15) is 0 Å². The molecule has 0 spiro atoms. The minimum Gasteiger partial charge on any atom is -0.208 e. The molecule has 0 N–H and O–H groups in total. The molecule has 0 unspecified atom stereocenters. The molecule has 0 aliphatic carbocycles. The van der Waals surface area contributed by atoms with E-state index in [4.69, 9.17) is 15.0 Å². The molecule has 204 valence electrons.